The van der Waals surface area contributed by atoms with Crippen molar-refractivity contribution in [1.82, 2.24) is 5.32 Å². The molecule has 3 unspecified atom stereocenters. The first-order chi connectivity index (χ1) is 7.20. The zero-order chi connectivity index (χ0) is 10.8. The number of rotatable bonds is 2. The fraction of sp³-hybridized carbons (Fsp3) is 0.545. The van der Waals surface area contributed by atoms with Crippen LogP contribution in [0.3, 0.4) is 0 Å². The Morgan fingerprint density at radius 3 is 3.00 bits per heavy atom. The fourth-order valence-corrected chi connectivity index (χ4v) is 2.98. The summed E-state index contributed by atoms with van der Waals surface area (Å²) >= 11 is 1.53. The van der Waals surface area contributed by atoms with Crippen LogP contribution in [0.2, 0.25) is 0 Å². The highest BCUT2D eigenvalue weighted by atomic mass is 32.1. The van der Waals surface area contributed by atoms with Gasteiger partial charge in [-0.2, -0.15) is 0 Å². The number of carbonyl (C=O) groups is 1. The smallest absolute Gasteiger partial charge is 0.160 e. The van der Waals surface area contributed by atoms with E-state index in [1.807, 2.05) is 12.1 Å². The van der Waals surface area contributed by atoms with Gasteiger partial charge < -0.3 is 11.1 Å². The fourth-order valence-electron chi connectivity index (χ4n) is 2.01. The van der Waals surface area contributed by atoms with Gasteiger partial charge in [0.25, 0.3) is 0 Å². The molecule has 82 valence electrons. The standard InChI is InChI=1S/C11H16N2OS/c1-7-2-4-9(12)11(13-7)10-5-3-8(6-14)15-10/h3,5-7,9,11,13H,2,4,12H2,1H3. The normalized spacial score (nSPS) is 31.5. The van der Waals surface area contributed by atoms with Crippen molar-refractivity contribution in [2.24, 2.45) is 5.73 Å². The predicted molar refractivity (Wildman–Crippen MR) is 62.3 cm³/mol. The quantitative estimate of drug-likeness (QED) is 0.752. The Balaban J connectivity index is 2.17. The van der Waals surface area contributed by atoms with Crippen molar-refractivity contribution in [3.63, 3.8) is 0 Å². The Morgan fingerprint density at radius 2 is 2.33 bits per heavy atom. The molecule has 3 atom stereocenters. The van der Waals surface area contributed by atoms with E-state index < -0.39 is 0 Å². The van der Waals surface area contributed by atoms with Gasteiger partial charge in [0, 0.05) is 17.0 Å². The minimum absolute atomic E-state index is 0.166. The number of nitrogens with two attached hydrogens (primary N) is 1. The molecule has 1 aliphatic heterocycles. The second-order valence-electron chi connectivity index (χ2n) is 4.14. The Labute approximate surface area is 93.7 Å². The first-order valence-electron chi connectivity index (χ1n) is 5.27. The molecule has 1 saturated heterocycles. The molecule has 1 fully saturated rings. The molecule has 2 heterocycles. The third-order valence-electron chi connectivity index (χ3n) is 2.90. The van der Waals surface area contributed by atoms with Crippen LogP contribution in [0.1, 0.15) is 40.4 Å². The largest absolute Gasteiger partial charge is 0.326 e. The third-order valence-corrected chi connectivity index (χ3v) is 3.99. The van der Waals surface area contributed by atoms with Gasteiger partial charge >= 0.3 is 0 Å². The molecule has 15 heavy (non-hydrogen) atoms. The molecule has 0 radical (unpaired) electrons. The van der Waals surface area contributed by atoms with Crippen molar-refractivity contribution in [2.45, 2.75) is 37.9 Å². The van der Waals surface area contributed by atoms with Gasteiger partial charge in [-0.15, -0.1) is 11.3 Å². The monoisotopic (exact) mass is 224 g/mol. The average molecular weight is 224 g/mol. The van der Waals surface area contributed by atoms with Crippen LogP contribution in [0.25, 0.3) is 0 Å². The molecule has 3 N–H and O–H groups in total. The average Bonchev–Trinajstić information content (AvgIpc) is 2.70. The van der Waals surface area contributed by atoms with E-state index in [1.165, 1.54) is 16.2 Å². The lowest BCUT2D eigenvalue weighted by atomic mass is 9.94. The Kier molecular flexibility index (Phi) is 3.19. The van der Waals surface area contributed by atoms with Gasteiger partial charge in [-0.3, -0.25) is 4.79 Å². The maximum absolute atomic E-state index is 10.6. The number of hydrogen-bond donors (Lipinski definition) is 2. The Morgan fingerprint density at radius 1 is 1.53 bits per heavy atom. The summed E-state index contributed by atoms with van der Waals surface area (Å²) in [4.78, 5) is 12.6. The SMILES string of the molecule is CC1CCC(N)C(c2ccc(C=O)s2)N1. The molecule has 0 bridgehead atoms. The summed E-state index contributed by atoms with van der Waals surface area (Å²) in [6, 6.07) is 4.76. The van der Waals surface area contributed by atoms with Gasteiger partial charge in [-0.25, -0.2) is 0 Å². The summed E-state index contributed by atoms with van der Waals surface area (Å²) in [5, 5.41) is 3.49. The minimum Gasteiger partial charge on any atom is -0.326 e. The highest BCUT2D eigenvalue weighted by Crippen LogP contribution is 2.29. The lowest BCUT2D eigenvalue weighted by Crippen LogP contribution is -2.46. The molecule has 1 aromatic heterocycles. The molecule has 1 aromatic rings. The van der Waals surface area contributed by atoms with Crippen molar-refractivity contribution >= 4 is 17.6 Å². The van der Waals surface area contributed by atoms with Crippen LogP contribution in [-0.2, 0) is 0 Å². The first kappa shape index (κ1) is 10.8. The van der Waals surface area contributed by atoms with Gasteiger partial charge in [0.1, 0.15) is 0 Å². The molecular formula is C11H16N2OS. The number of carbonyl (C=O) groups excluding carboxylic acids is 1. The predicted octanol–water partition coefficient (Wildman–Crippen LogP) is 1.70. The van der Waals surface area contributed by atoms with Crippen LogP contribution in [-0.4, -0.2) is 18.4 Å². The van der Waals surface area contributed by atoms with E-state index in [2.05, 4.69) is 12.2 Å². The molecular weight excluding hydrogens is 208 g/mol. The van der Waals surface area contributed by atoms with Crippen molar-refractivity contribution in [2.75, 3.05) is 0 Å². The van der Waals surface area contributed by atoms with E-state index in [9.17, 15) is 4.79 Å². The van der Waals surface area contributed by atoms with Crippen LogP contribution < -0.4 is 11.1 Å². The maximum atomic E-state index is 10.6. The summed E-state index contributed by atoms with van der Waals surface area (Å²) in [6.07, 6.45) is 3.07. The Hall–Kier alpha value is -0.710. The number of hydrogen-bond acceptors (Lipinski definition) is 4. The number of nitrogens with one attached hydrogen (secondary N) is 1. The zero-order valence-electron chi connectivity index (χ0n) is 8.77. The summed E-state index contributed by atoms with van der Waals surface area (Å²) in [6.45, 7) is 2.17. The van der Waals surface area contributed by atoms with Crippen molar-refractivity contribution < 1.29 is 4.79 Å². The van der Waals surface area contributed by atoms with Crippen LogP contribution in [0.4, 0.5) is 0 Å². The van der Waals surface area contributed by atoms with E-state index in [0.717, 1.165) is 24.0 Å². The summed E-state index contributed by atoms with van der Waals surface area (Å²) < 4.78 is 0. The van der Waals surface area contributed by atoms with Gasteiger partial charge in [0.2, 0.25) is 0 Å². The molecule has 0 spiro atoms. The lowest BCUT2D eigenvalue weighted by Gasteiger charge is -2.33. The molecule has 1 aliphatic rings. The van der Waals surface area contributed by atoms with Crippen LogP contribution in [0.5, 0.6) is 0 Å². The number of thiophene rings is 1. The van der Waals surface area contributed by atoms with Gasteiger partial charge in [-0.1, -0.05) is 0 Å². The molecule has 0 aliphatic carbocycles. The molecule has 4 heteroatoms. The Bertz CT molecular complexity index is 350. The first-order valence-corrected chi connectivity index (χ1v) is 6.09. The van der Waals surface area contributed by atoms with Crippen LogP contribution in [0, 0.1) is 0 Å². The second-order valence-corrected chi connectivity index (χ2v) is 5.29. The third kappa shape index (κ3) is 2.27. The second kappa shape index (κ2) is 4.43. The minimum atomic E-state index is 0.166. The summed E-state index contributed by atoms with van der Waals surface area (Å²) in [5.74, 6) is 0. The molecule has 0 saturated carbocycles. The molecule has 0 amide bonds. The van der Waals surface area contributed by atoms with Gasteiger partial charge in [-0.05, 0) is 31.9 Å². The topological polar surface area (TPSA) is 55.1 Å². The van der Waals surface area contributed by atoms with E-state index in [1.54, 1.807) is 0 Å². The van der Waals surface area contributed by atoms with Gasteiger partial charge in [0.15, 0.2) is 6.29 Å². The number of piperidine rings is 1. The van der Waals surface area contributed by atoms with Gasteiger partial charge in [0.05, 0.1) is 10.9 Å². The van der Waals surface area contributed by atoms with E-state index in [-0.39, 0.29) is 12.1 Å². The van der Waals surface area contributed by atoms with Crippen molar-refractivity contribution in [3.05, 3.63) is 21.9 Å². The number of aldehydes is 1. The lowest BCUT2D eigenvalue weighted by molar-refractivity contribution is 0.112. The van der Waals surface area contributed by atoms with Crippen LogP contribution >= 0.6 is 11.3 Å². The highest BCUT2D eigenvalue weighted by molar-refractivity contribution is 7.13. The van der Waals surface area contributed by atoms with E-state index in [0.29, 0.717) is 6.04 Å². The summed E-state index contributed by atoms with van der Waals surface area (Å²) in [7, 11) is 0. The van der Waals surface area contributed by atoms with Crippen molar-refractivity contribution in [1.29, 1.82) is 0 Å². The van der Waals surface area contributed by atoms with E-state index in [4.69, 9.17) is 5.73 Å². The molecule has 3 nitrogen and oxygen atoms in total. The molecule has 0 aromatic carbocycles. The van der Waals surface area contributed by atoms with Crippen LogP contribution in [0.15, 0.2) is 12.1 Å². The van der Waals surface area contributed by atoms with Crippen molar-refractivity contribution in [3.8, 4) is 0 Å². The summed E-state index contributed by atoms with van der Waals surface area (Å²) in [5.41, 5.74) is 6.08. The highest BCUT2D eigenvalue weighted by Gasteiger charge is 2.27. The maximum Gasteiger partial charge on any atom is 0.160 e. The van der Waals surface area contributed by atoms with E-state index >= 15 is 0 Å². The zero-order valence-corrected chi connectivity index (χ0v) is 9.59. The molecule has 2 rings (SSSR count).